The van der Waals surface area contributed by atoms with Gasteiger partial charge >= 0.3 is 0 Å². The summed E-state index contributed by atoms with van der Waals surface area (Å²) in [4.78, 5) is 30.6. The van der Waals surface area contributed by atoms with Gasteiger partial charge in [0.25, 0.3) is 11.8 Å². The summed E-state index contributed by atoms with van der Waals surface area (Å²) >= 11 is 1.23. The van der Waals surface area contributed by atoms with Crippen molar-refractivity contribution in [2.45, 2.75) is 0 Å². The largest absolute Gasteiger partial charge is 0.451 e. The van der Waals surface area contributed by atoms with Crippen LogP contribution in [-0.4, -0.2) is 21.8 Å². The van der Waals surface area contributed by atoms with Crippen LogP contribution in [0.5, 0.6) is 0 Å². The molecule has 9 heteroatoms. The van der Waals surface area contributed by atoms with Crippen molar-refractivity contribution >= 4 is 28.3 Å². The molecule has 0 aliphatic carbocycles. The number of nitrogens with one attached hydrogen (secondary N) is 2. The third-order valence-electron chi connectivity index (χ3n) is 3.93. The van der Waals surface area contributed by atoms with Crippen molar-refractivity contribution < 1.29 is 18.4 Å². The Morgan fingerprint density at radius 3 is 2.64 bits per heavy atom. The molecule has 28 heavy (non-hydrogen) atoms. The number of halogens is 1. The highest BCUT2D eigenvalue weighted by molar-refractivity contribution is 7.14. The van der Waals surface area contributed by atoms with Crippen LogP contribution >= 0.6 is 11.3 Å². The predicted octanol–water partition coefficient (Wildman–Crippen LogP) is 3.89. The molecule has 4 rings (SSSR count). The lowest BCUT2D eigenvalue weighted by Gasteiger charge is -1.99. The number of hydrogen-bond acceptors (Lipinski definition) is 5. The molecule has 2 amide bonds. The summed E-state index contributed by atoms with van der Waals surface area (Å²) in [6.45, 7) is 0. The van der Waals surface area contributed by atoms with Crippen molar-refractivity contribution in [1.29, 1.82) is 0 Å². The van der Waals surface area contributed by atoms with Gasteiger partial charge in [0.15, 0.2) is 10.9 Å². The number of primary amides is 1. The van der Waals surface area contributed by atoms with E-state index >= 15 is 0 Å². The van der Waals surface area contributed by atoms with Gasteiger partial charge in [0.2, 0.25) is 0 Å². The minimum atomic E-state index is -0.565. The van der Waals surface area contributed by atoms with Crippen LogP contribution in [0, 0.1) is 5.82 Å². The molecule has 0 spiro atoms. The fourth-order valence-electron chi connectivity index (χ4n) is 2.54. The maximum atomic E-state index is 13.0. The Hall–Kier alpha value is -3.72. The zero-order valence-electron chi connectivity index (χ0n) is 14.2. The van der Waals surface area contributed by atoms with E-state index < -0.39 is 11.8 Å². The zero-order chi connectivity index (χ0) is 19.7. The lowest BCUT2D eigenvalue weighted by Crippen LogP contribution is -2.10. The Balaban J connectivity index is 1.47. The first-order valence-corrected chi connectivity index (χ1v) is 8.99. The first-order chi connectivity index (χ1) is 13.5. The molecule has 1 aromatic carbocycles. The Morgan fingerprint density at radius 2 is 1.93 bits per heavy atom. The predicted molar refractivity (Wildman–Crippen MR) is 102 cm³/mol. The minimum absolute atomic E-state index is 0.105. The number of amides is 2. The second kappa shape index (κ2) is 7.12. The van der Waals surface area contributed by atoms with Crippen LogP contribution in [-0.2, 0) is 0 Å². The highest BCUT2D eigenvalue weighted by Gasteiger charge is 2.15. The number of benzene rings is 1. The van der Waals surface area contributed by atoms with Crippen LogP contribution in [0.25, 0.3) is 22.6 Å². The number of anilines is 1. The number of aromatic nitrogens is 2. The summed E-state index contributed by atoms with van der Waals surface area (Å²) < 4.78 is 18.6. The third kappa shape index (κ3) is 3.55. The van der Waals surface area contributed by atoms with Crippen LogP contribution in [0.3, 0.4) is 0 Å². The van der Waals surface area contributed by atoms with Gasteiger partial charge in [0.05, 0.1) is 5.69 Å². The van der Waals surface area contributed by atoms with E-state index in [1.54, 1.807) is 35.8 Å². The van der Waals surface area contributed by atoms with Crippen molar-refractivity contribution in [2.24, 2.45) is 5.73 Å². The Kier molecular flexibility index (Phi) is 4.50. The average Bonchev–Trinajstić information content (AvgIpc) is 3.42. The number of aromatic amines is 1. The molecule has 0 unspecified atom stereocenters. The number of hydrogen-bond donors (Lipinski definition) is 3. The first-order valence-electron chi connectivity index (χ1n) is 8.11. The van der Waals surface area contributed by atoms with Crippen LogP contribution in [0.2, 0.25) is 0 Å². The van der Waals surface area contributed by atoms with Gasteiger partial charge < -0.3 is 15.1 Å². The van der Waals surface area contributed by atoms with E-state index in [2.05, 4.69) is 15.3 Å². The lowest BCUT2D eigenvalue weighted by atomic mass is 10.2. The van der Waals surface area contributed by atoms with Crippen molar-refractivity contribution in [3.8, 4) is 22.6 Å². The van der Waals surface area contributed by atoms with Gasteiger partial charge in [0.1, 0.15) is 17.3 Å². The molecular formula is C19H13FN4O3S. The summed E-state index contributed by atoms with van der Waals surface area (Å²) in [6, 6.07) is 10.5. The highest BCUT2D eigenvalue weighted by Crippen LogP contribution is 2.27. The number of nitrogens with zero attached hydrogens (tertiary/aromatic N) is 1. The summed E-state index contributed by atoms with van der Waals surface area (Å²) in [5, 5.41) is 4.79. The molecular weight excluding hydrogens is 383 g/mol. The lowest BCUT2D eigenvalue weighted by molar-refractivity contribution is 0.0989. The van der Waals surface area contributed by atoms with Crippen LogP contribution in [0.1, 0.15) is 21.0 Å². The van der Waals surface area contributed by atoms with Crippen molar-refractivity contribution in [1.82, 2.24) is 9.97 Å². The number of nitrogens with two attached hydrogens (primary N) is 1. The van der Waals surface area contributed by atoms with Gasteiger partial charge in [-0.05, 0) is 42.5 Å². The quantitative estimate of drug-likeness (QED) is 0.475. The van der Waals surface area contributed by atoms with Crippen LogP contribution in [0.4, 0.5) is 9.52 Å². The maximum Gasteiger partial charge on any atom is 0.293 e. The number of furan rings is 1. The smallest absolute Gasteiger partial charge is 0.293 e. The molecule has 4 N–H and O–H groups in total. The zero-order valence-corrected chi connectivity index (χ0v) is 15.0. The van der Waals surface area contributed by atoms with E-state index in [9.17, 15) is 14.0 Å². The third-order valence-corrected chi connectivity index (χ3v) is 4.69. The maximum absolute atomic E-state index is 13.0. The molecule has 0 saturated heterocycles. The Labute approximate surface area is 162 Å². The second-order valence-electron chi connectivity index (χ2n) is 5.83. The van der Waals surface area contributed by atoms with E-state index in [0.717, 1.165) is 0 Å². The van der Waals surface area contributed by atoms with Crippen LogP contribution < -0.4 is 11.1 Å². The molecule has 0 radical (unpaired) electrons. The van der Waals surface area contributed by atoms with Gasteiger partial charge in [-0.25, -0.2) is 9.37 Å². The summed E-state index contributed by atoms with van der Waals surface area (Å²) in [7, 11) is 0. The molecule has 140 valence electrons. The summed E-state index contributed by atoms with van der Waals surface area (Å²) in [6.07, 6.45) is 1.61. The first kappa shape index (κ1) is 17.7. The SMILES string of the molecule is NC(=O)c1cc(-c2csc(NC(=O)c3ccc(-c4ccc(F)cc4)o3)n2)c[nH]1. The molecule has 0 aliphatic rings. The van der Waals surface area contributed by atoms with Gasteiger partial charge in [-0.2, -0.15) is 0 Å². The number of carbonyl (C=O) groups is 2. The molecule has 3 heterocycles. The molecule has 7 nitrogen and oxygen atoms in total. The average molecular weight is 396 g/mol. The molecule has 0 aliphatic heterocycles. The van der Waals surface area contributed by atoms with Crippen molar-refractivity contribution in [3.63, 3.8) is 0 Å². The monoisotopic (exact) mass is 396 g/mol. The molecule has 0 fully saturated rings. The van der Waals surface area contributed by atoms with Gasteiger partial charge in [-0.1, -0.05) is 0 Å². The second-order valence-corrected chi connectivity index (χ2v) is 6.69. The molecule has 3 aromatic heterocycles. The van der Waals surface area contributed by atoms with E-state index in [1.165, 1.54) is 29.5 Å². The number of carbonyl (C=O) groups excluding carboxylic acids is 2. The van der Waals surface area contributed by atoms with Crippen LogP contribution in [0.15, 0.2) is 58.5 Å². The van der Waals surface area contributed by atoms with Gasteiger partial charge in [0, 0.05) is 22.7 Å². The van der Waals surface area contributed by atoms with E-state index in [4.69, 9.17) is 10.2 Å². The summed E-state index contributed by atoms with van der Waals surface area (Å²) in [5.41, 5.74) is 7.43. The van der Waals surface area contributed by atoms with E-state index in [0.29, 0.717) is 27.7 Å². The number of rotatable bonds is 5. The van der Waals surface area contributed by atoms with Gasteiger partial charge in [-0.15, -0.1) is 11.3 Å². The fourth-order valence-corrected chi connectivity index (χ4v) is 3.25. The highest BCUT2D eigenvalue weighted by atomic mass is 32.1. The van der Waals surface area contributed by atoms with E-state index in [1.807, 2.05) is 0 Å². The summed E-state index contributed by atoms with van der Waals surface area (Å²) in [5.74, 6) is -0.811. The normalized spacial score (nSPS) is 10.8. The Morgan fingerprint density at radius 1 is 1.14 bits per heavy atom. The van der Waals surface area contributed by atoms with Crippen molar-refractivity contribution in [2.75, 3.05) is 5.32 Å². The minimum Gasteiger partial charge on any atom is -0.451 e. The fraction of sp³-hybridized carbons (Fsp3) is 0. The number of thiazole rings is 1. The molecule has 4 aromatic rings. The van der Waals surface area contributed by atoms with Crippen molar-refractivity contribution in [3.05, 3.63) is 71.3 Å². The van der Waals surface area contributed by atoms with E-state index in [-0.39, 0.29) is 17.3 Å². The standard InChI is InChI=1S/C19H13FN4O3S/c20-12-3-1-10(2-4-12)15-5-6-16(27-15)18(26)24-19-23-14(9-28-19)11-7-13(17(21)25)22-8-11/h1-9,22H,(H2,21,25)(H,23,24,26). The number of H-pyrrole nitrogens is 1. The Bertz CT molecular complexity index is 1160. The van der Waals surface area contributed by atoms with Gasteiger partial charge in [-0.3, -0.25) is 14.9 Å². The molecule has 0 atom stereocenters. The topological polar surface area (TPSA) is 114 Å². The molecule has 0 saturated carbocycles. The molecule has 0 bridgehead atoms.